The number of alkyl halides is 5. The van der Waals surface area contributed by atoms with Crippen molar-refractivity contribution >= 4 is 5.91 Å². The number of nitrogens with zero attached hydrogens (tertiary/aromatic N) is 1. The number of nitrogens with one attached hydrogen (secondary N) is 1. The molecule has 0 spiro atoms. The van der Waals surface area contributed by atoms with E-state index in [4.69, 9.17) is 4.42 Å². The maximum Gasteiger partial charge on any atom is 0.463 e. The van der Waals surface area contributed by atoms with Crippen LogP contribution in [0.15, 0.2) is 4.42 Å². The number of aryl methyl sites for hydroxylation is 2. The van der Waals surface area contributed by atoms with Crippen LogP contribution in [-0.2, 0) is 11.3 Å². The molecule has 0 saturated heterocycles. The molecule has 102 valence electrons. The third-order valence-electron chi connectivity index (χ3n) is 2.11. The summed E-state index contributed by atoms with van der Waals surface area (Å²) in [5.41, 5.74) is 0.460. The SMILES string of the molecule is Cc1nc(CNC(=O)C(F)(F)C(F)(F)F)oc1C. The van der Waals surface area contributed by atoms with Gasteiger partial charge in [0.2, 0.25) is 5.89 Å². The molecule has 4 nitrogen and oxygen atoms in total. The first-order valence-electron chi connectivity index (χ1n) is 4.71. The van der Waals surface area contributed by atoms with Gasteiger partial charge in [0.25, 0.3) is 0 Å². The summed E-state index contributed by atoms with van der Waals surface area (Å²) in [5, 5.41) is 1.42. The second kappa shape index (κ2) is 4.54. The number of aromatic nitrogens is 1. The third-order valence-corrected chi connectivity index (χ3v) is 2.11. The van der Waals surface area contributed by atoms with Crippen molar-refractivity contribution in [1.82, 2.24) is 10.3 Å². The number of oxazole rings is 1. The fourth-order valence-corrected chi connectivity index (χ4v) is 1.01. The van der Waals surface area contributed by atoms with E-state index in [2.05, 4.69) is 4.98 Å². The molecule has 0 fully saturated rings. The fraction of sp³-hybridized carbons (Fsp3) is 0.556. The topological polar surface area (TPSA) is 55.1 Å². The van der Waals surface area contributed by atoms with Crippen molar-refractivity contribution in [1.29, 1.82) is 0 Å². The van der Waals surface area contributed by atoms with Gasteiger partial charge in [0, 0.05) is 0 Å². The van der Waals surface area contributed by atoms with Gasteiger partial charge in [-0.3, -0.25) is 4.79 Å². The third kappa shape index (κ3) is 2.77. The molecule has 0 aliphatic rings. The Morgan fingerprint density at radius 1 is 1.28 bits per heavy atom. The van der Waals surface area contributed by atoms with Gasteiger partial charge in [-0.05, 0) is 13.8 Å². The Labute approximate surface area is 98.2 Å². The average molecular weight is 272 g/mol. The first kappa shape index (κ1) is 14.4. The summed E-state index contributed by atoms with van der Waals surface area (Å²) in [6, 6.07) is 0. The van der Waals surface area contributed by atoms with E-state index >= 15 is 0 Å². The van der Waals surface area contributed by atoms with Crippen molar-refractivity contribution in [2.75, 3.05) is 0 Å². The van der Waals surface area contributed by atoms with Crippen LogP contribution in [0.4, 0.5) is 22.0 Å². The van der Waals surface area contributed by atoms with Gasteiger partial charge in [0.15, 0.2) is 0 Å². The molecule has 0 aliphatic heterocycles. The smallest absolute Gasteiger partial charge is 0.444 e. The number of carbonyl (C=O) groups excluding carboxylic acids is 1. The van der Waals surface area contributed by atoms with Crippen molar-refractivity contribution in [3.63, 3.8) is 0 Å². The lowest BCUT2D eigenvalue weighted by atomic mass is 10.3. The Hall–Kier alpha value is -1.67. The molecule has 1 amide bonds. The van der Waals surface area contributed by atoms with Crippen LogP contribution in [0.3, 0.4) is 0 Å². The van der Waals surface area contributed by atoms with Crippen LogP contribution in [0.25, 0.3) is 0 Å². The summed E-state index contributed by atoms with van der Waals surface area (Å²) in [6.07, 6.45) is -5.93. The summed E-state index contributed by atoms with van der Waals surface area (Å²) in [7, 11) is 0. The Bertz CT molecular complexity index is 433. The van der Waals surface area contributed by atoms with E-state index in [-0.39, 0.29) is 5.89 Å². The molecule has 0 aromatic carbocycles. The Balaban J connectivity index is 2.67. The van der Waals surface area contributed by atoms with Gasteiger partial charge in [0.05, 0.1) is 12.2 Å². The minimum absolute atomic E-state index is 0.142. The summed E-state index contributed by atoms with van der Waals surface area (Å²) in [6.45, 7) is 2.46. The van der Waals surface area contributed by atoms with E-state index in [1.54, 1.807) is 6.92 Å². The molecule has 1 aromatic rings. The Morgan fingerprint density at radius 2 is 1.83 bits per heavy atom. The van der Waals surface area contributed by atoms with Gasteiger partial charge in [-0.25, -0.2) is 4.98 Å². The van der Waals surface area contributed by atoms with Gasteiger partial charge in [-0.2, -0.15) is 22.0 Å². The highest BCUT2D eigenvalue weighted by Gasteiger charge is 2.63. The normalized spacial score (nSPS) is 12.6. The molecule has 0 bridgehead atoms. The molecule has 0 radical (unpaired) electrons. The molecule has 1 aromatic heterocycles. The summed E-state index contributed by atoms with van der Waals surface area (Å²) >= 11 is 0. The molecule has 9 heteroatoms. The van der Waals surface area contributed by atoms with E-state index in [0.29, 0.717) is 11.5 Å². The highest BCUT2D eigenvalue weighted by Crippen LogP contribution is 2.35. The van der Waals surface area contributed by atoms with Crippen molar-refractivity contribution < 1.29 is 31.2 Å². The van der Waals surface area contributed by atoms with Gasteiger partial charge in [0.1, 0.15) is 5.76 Å². The zero-order valence-corrected chi connectivity index (χ0v) is 9.36. The van der Waals surface area contributed by atoms with E-state index in [0.717, 1.165) is 0 Å². The zero-order chi connectivity index (χ0) is 14.1. The largest absolute Gasteiger partial charge is 0.463 e. The lowest BCUT2D eigenvalue weighted by molar-refractivity contribution is -0.269. The first-order chi connectivity index (χ1) is 8.05. The minimum Gasteiger partial charge on any atom is -0.444 e. The van der Waals surface area contributed by atoms with Crippen molar-refractivity contribution in [2.24, 2.45) is 0 Å². The second-order valence-corrected chi connectivity index (χ2v) is 3.50. The molecule has 0 aliphatic carbocycles. The molecule has 1 heterocycles. The highest BCUT2D eigenvalue weighted by atomic mass is 19.4. The number of amides is 1. The van der Waals surface area contributed by atoms with Crippen LogP contribution in [0.1, 0.15) is 17.3 Å². The number of rotatable bonds is 3. The molecular weight excluding hydrogens is 263 g/mol. The van der Waals surface area contributed by atoms with Crippen LogP contribution in [0, 0.1) is 13.8 Å². The molecular formula is C9H9F5N2O2. The standard InChI is InChI=1S/C9H9F5N2O2/c1-4-5(2)18-6(16-4)3-15-7(17)8(10,11)9(12,13)14/h3H2,1-2H3,(H,15,17). The maximum atomic E-state index is 12.5. The fourth-order valence-electron chi connectivity index (χ4n) is 1.01. The quantitative estimate of drug-likeness (QED) is 0.857. The summed E-state index contributed by atoms with van der Waals surface area (Å²) in [5.74, 6) is -7.63. The highest BCUT2D eigenvalue weighted by molar-refractivity contribution is 5.84. The van der Waals surface area contributed by atoms with E-state index in [1.807, 2.05) is 0 Å². The summed E-state index contributed by atoms with van der Waals surface area (Å²) in [4.78, 5) is 14.4. The minimum atomic E-state index is -5.93. The van der Waals surface area contributed by atoms with Crippen LogP contribution >= 0.6 is 0 Å². The lowest BCUT2D eigenvalue weighted by Crippen LogP contribution is -2.50. The van der Waals surface area contributed by atoms with Crippen LogP contribution in [0.2, 0.25) is 0 Å². The van der Waals surface area contributed by atoms with Crippen molar-refractivity contribution in [3.8, 4) is 0 Å². The van der Waals surface area contributed by atoms with E-state index in [9.17, 15) is 26.7 Å². The summed E-state index contributed by atoms with van der Waals surface area (Å²) < 4.78 is 65.4. The molecule has 0 saturated carbocycles. The number of halogens is 5. The van der Waals surface area contributed by atoms with Crippen molar-refractivity contribution in [3.05, 3.63) is 17.3 Å². The first-order valence-corrected chi connectivity index (χ1v) is 4.71. The predicted molar refractivity (Wildman–Crippen MR) is 48.8 cm³/mol. The van der Waals surface area contributed by atoms with Gasteiger partial charge in [-0.1, -0.05) is 0 Å². The van der Waals surface area contributed by atoms with Gasteiger partial charge >= 0.3 is 18.0 Å². The van der Waals surface area contributed by atoms with Gasteiger partial charge in [-0.15, -0.1) is 0 Å². The molecule has 1 N–H and O–H groups in total. The monoisotopic (exact) mass is 272 g/mol. The number of carbonyl (C=O) groups is 1. The number of hydrogen-bond donors (Lipinski definition) is 1. The van der Waals surface area contributed by atoms with Crippen molar-refractivity contribution in [2.45, 2.75) is 32.5 Å². The predicted octanol–water partition coefficient (Wildman–Crippen LogP) is 2.11. The van der Waals surface area contributed by atoms with Crippen LogP contribution in [-0.4, -0.2) is 23.0 Å². The van der Waals surface area contributed by atoms with E-state index in [1.165, 1.54) is 12.2 Å². The van der Waals surface area contributed by atoms with Crippen LogP contribution in [0.5, 0.6) is 0 Å². The van der Waals surface area contributed by atoms with Gasteiger partial charge < -0.3 is 9.73 Å². The molecule has 0 atom stereocenters. The Morgan fingerprint density at radius 3 is 2.22 bits per heavy atom. The lowest BCUT2D eigenvalue weighted by Gasteiger charge is -2.17. The maximum absolute atomic E-state index is 12.5. The zero-order valence-electron chi connectivity index (χ0n) is 9.36. The average Bonchev–Trinajstić information content (AvgIpc) is 2.53. The van der Waals surface area contributed by atoms with Crippen LogP contribution < -0.4 is 5.32 Å². The number of hydrogen-bond acceptors (Lipinski definition) is 3. The molecule has 18 heavy (non-hydrogen) atoms. The molecule has 0 unspecified atom stereocenters. The second-order valence-electron chi connectivity index (χ2n) is 3.50. The molecule has 1 rings (SSSR count). The van der Waals surface area contributed by atoms with E-state index < -0.39 is 24.6 Å². The Kier molecular flexibility index (Phi) is 3.63.